The molecule has 0 spiro atoms. The van der Waals surface area contributed by atoms with Gasteiger partial charge in [0.05, 0.1) is 20.0 Å². The van der Waals surface area contributed by atoms with Gasteiger partial charge in [0.25, 0.3) is 0 Å². The molecule has 0 radical (unpaired) electrons. The topological polar surface area (TPSA) is 114 Å². The molecule has 1 aliphatic rings. The Morgan fingerprint density at radius 2 is 1.80 bits per heavy atom. The van der Waals surface area contributed by atoms with Crippen LogP contribution in [-0.4, -0.2) is 69.7 Å². The van der Waals surface area contributed by atoms with Gasteiger partial charge in [0.2, 0.25) is 21.8 Å². The highest BCUT2D eigenvalue weighted by Crippen LogP contribution is 2.28. The average Bonchev–Trinajstić information content (AvgIpc) is 2.73. The normalized spacial score (nSPS) is 16.5. The van der Waals surface area contributed by atoms with E-state index in [2.05, 4.69) is 10.6 Å². The van der Waals surface area contributed by atoms with Crippen molar-refractivity contribution < 1.29 is 27.5 Å². The number of hydrogen-bond acceptors (Lipinski definition) is 6. The van der Waals surface area contributed by atoms with Crippen molar-refractivity contribution in [3.63, 3.8) is 0 Å². The molecule has 2 rings (SSSR count). The van der Waals surface area contributed by atoms with E-state index in [1.807, 2.05) is 6.07 Å². The monoisotopic (exact) mass is 441 g/mol. The highest BCUT2D eigenvalue weighted by molar-refractivity contribution is 7.89. The summed E-state index contributed by atoms with van der Waals surface area (Å²) in [6.07, 6.45) is 1.36. The Hall–Kier alpha value is -2.33. The van der Waals surface area contributed by atoms with Gasteiger partial charge in [0, 0.05) is 32.5 Å². The van der Waals surface area contributed by atoms with Crippen LogP contribution in [0.1, 0.15) is 32.3 Å². The van der Waals surface area contributed by atoms with E-state index in [4.69, 9.17) is 9.47 Å². The molecule has 1 heterocycles. The van der Waals surface area contributed by atoms with Crippen molar-refractivity contribution in [2.75, 3.05) is 33.1 Å². The molecule has 9 nitrogen and oxygen atoms in total. The molecule has 0 aliphatic carbocycles. The molecule has 1 atom stereocenters. The van der Waals surface area contributed by atoms with Crippen molar-refractivity contribution >= 4 is 21.8 Å². The van der Waals surface area contributed by atoms with E-state index in [1.165, 1.54) is 18.3 Å². The fourth-order valence-corrected chi connectivity index (χ4v) is 4.59. The number of benzene rings is 1. The van der Waals surface area contributed by atoms with Crippen LogP contribution in [-0.2, 0) is 26.0 Å². The van der Waals surface area contributed by atoms with E-state index in [0.29, 0.717) is 37.4 Å². The first-order valence-electron chi connectivity index (χ1n) is 9.96. The van der Waals surface area contributed by atoms with Gasteiger partial charge < -0.3 is 20.1 Å². The number of rotatable bonds is 9. The molecule has 10 heteroatoms. The Balaban J connectivity index is 2.03. The van der Waals surface area contributed by atoms with Gasteiger partial charge in [-0.25, -0.2) is 12.7 Å². The lowest BCUT2D eigenvalue weighted by atomic mass is 10.0. The molecule has 0 bridgehead atoms. The van der Waals surface area contributed by atoms with Gasteiger partial charge in [0.1, 0.15) is 6.04 Å². The van der Waals surface area contributed by atoms with Gasteiger partial charge in [-0.3, -0.25) is 9.59 Å². The summed E-state index contributed by atoms with van der Waals surface area (Å²) in [6, 6.07) is 4.45. The average molecular weight is 442 g/mol. The Bertz CT molecular complexity index is 850. The Morgan fingerprint density at radius 1 is 1.17 bits per heavy atom. The molecule has 1 aromatic rings. The number of methoxy groups -OCH3 is 2. The Labute approximate surface area is 178 Å². The minimum absolute atomic E-state index is 0.0694. The molecule has 1 fully saturated rings. The number of nitrogens with one attached hydrogen (secondary N) is 2. The van der Waals surface area contributed by atoms with Crippen LogP contribution in [0.2, 0.25) is 0 Å². The molecule has 0 aromatic heterocycles. The van der Waals surface area contributed by atoms with Crippen molar-refractivity contribution in [3.05, 3.63) is 23.8 Å². The second kappa shape index (κ2) is 10.6. The molecule has 0 saturated carbocycles. The smallest absolute Gasteiger partial charge is 0.243 e. The molecule has 1 aromatic carbocycles. The molecule has 30 heavy (non-hydrogen) atoms. The molecule has 2 N–H and O–H groups in total. The molecular formula is C20H31N3O6S. The summed E-state index contributed by atoms with van der Waals surface area (Å²) in [5.41, 5.74) is 0.811. The first kappa shape index (κ1) is 23.9. The summed E-state index contributed by atoms with van der Waals surface area (Å²) < 4.78 is 36.0. The molecule has 2 amide bonds. The first-order chi connectivity index (χ1) is 14.2. The van der Waals surface area contributed by atoms with Crippen LogP contribution < -0.4 is 20.1 Å². The summed E-state index contributed by atoms with van der Waals surface area (Å²) in [4.78, 5) is 24.5. The van der Waals surface area contributed by atoms with Crippen LogP contribution in [0.3, 0.4) is 0 Å². The number of amides is 2. The minimum Gasteiger partial charge on any atom is -0.493 e. The zero-order valence-electron chi connectivity index (χ0n) is 17.9. The van der Waals surface area contributed by atoms with Crippen molar-refractivity contribution in [1.29, 1.82) is 0 Å². The Kier molecular flexibility index (Phi) is 8.48. The van der Waals surface area contributed by atoms with E-state index < -0.39 is 16.1 Å². The van der Waals surface area contributed by atoms with Crippen molar-refractivity contribution in [2.24, 2.45) is 0 Å². The lowest BCUT2D eigenvalue weighted by Crippen LogP contribution is -2.53. The lowest BCUT2D eigenvalue weighted by Gasteiger charge is -2.32. The third-order valence-electron chi connectivity index (χ3n) is 5.14. The third kappa shape index (κ3) is 6.33. The predicted molar refractivity (Wildman–Crippen MR) is 113 cm³/mol. The van der Waals surface area contributed by atoms with Gasteiger partial charge in [-0.15, -0.1) is 0 Å². The van der Waals surface area contributed by atoms with E-state index in [1.54, 1.807) is 26.2 Å². The summed E-state index contributed by atoms with van der Waals surface area (Å²) in [7, 11) is -0.141. The van der Waals surface area contributed by atoms with E-state index >= 15 is 0 Å². The van der Waals surface area contributed by atoms with Gasteiger partial charge in [-0.2, -0.15) is 0 Å². The zero-order chi connectivity index (χ0) is 22.3. The minimum atomic E-state index is -3.22. The number of sulfonamides is 1. The molecule has 1 saturated heterocycles. The highest BCUT2D eigenvalue weighted by atomic mass is 32.2. The maximum Gasteiger partial charge on any atom is 0.243 e. The lowest BCUT2D eigenvalue weighted by molar-refractivity contribution is -0.128. The molecule has 1 aliphatic heterocycles. The van der Waals surface area contributed by atoms with E-state index in [-0.39, 0.29) is 30.0 Å². The fourth-order valence-electron chi connectivity index (χ4n) is 3.46. The number of hydrogen-bond donors (Lipinski definition) is 2. The number of ether oxygens (including phenoxy) is 2. The summed E-state index contributed by atoms with van der Waals surface area (Å²) in [5.74, 6) is 0.591. The summed E-state index contributed by atoms with van der Waals surface area (Å²) in [5, 5.41) is 5.65. The highest BCUT2D eigenvalue weighted by Gasteiger charge is 2.29. The summed E-state index contributed by atoms with van der Waals surface area (Å²) >= 11 is 0. The molecule has 0 unspecified atom stereocenters. The quantitative estimate of drug-likeness (QED) is 0.583. The standard InChI is InChI=1S/C20H31N3O6S/c1-5-30(26,27)23-10-8-16(9-11-23)22-20(25)17(21-14(2)24)12-15-6-7-18(28-3)19(13-15)29-4/h6-7,13,16-17H,5,8-12H2,1-4H3,(H,21,24)(H,22,25)/t17-/m0/s1. The maximum absolute atomic E-state index is 12.8. The van der Waals surface area contributed by atoms with Crippen molar-refractivity contribution in [2.45, 2.75) is 45.2 Å². The van der Waals surface area contributed by atoms with Gasteiger partial charge >= 0.3 is 0 Å². The number of piperidine rings is 1. The second-order valence-electron chi connectivity index (χ2n) is 7.23. The number of carbonyl (C=O) groups excluding carboxylic acids is 2. The molecule has 168 valence electrons. The van der Waals surface area contributed by atoms with Crippen molar-refractivity contribution in [3.8, 4) is 11.5 Å². The number of nitrogens with zero attached hydrogens (tertiary/aromatic N) is 1. The van der Waals surface area contributed by atoms with E-state index in [0.717, 1.165) is 5.56 Å². The third-order valence-corrected chi connectivity index (χ3v) is 7.02. The Morgan fingerprint density at radius 3 is 2.33 bits per heavy atom. The zero-order valence-corrected chi connectivity index (χ0v) is 18.8. The van der Waals surface area contributed by atoms with Gasteiger partial charge in [-0.05, 0) is 37.5 Å². The fraction of sp³-hybridized carbons (Fsp3) is 0.600. The van der Waals surface area contributed by atoms with Crippen LogP contribution in [0.5, 0.6) is 11.5 Å². The maximum atomic E-state index is 12.8. The largest absolute Gasteiger partial charge is 0.493 e. The summed E-state index contributed by atoms with van der Waals surface area (Å²) in [6.45, 7) is 3.74. The van der Waals surface area contributed by atoms with Crippen LogP contribution >= 0.6 is 0 Å². The SMILES string of the molecule is CCS(=O)(=O)N1CCC(NC(=O)[C@H](Cc2ccc(OC)c(OC)c2)NC(C)=O)CC1. The van der Waals surface area contributed by atoms with Crippen molar-refractivity contribution in [1.82, 2.24) is 14.9 Å². The molecular weight excluding hydrogens is 410 g/mol. The van der Waals surface area contributed by atoms with Crippen LogP contribution in [0.4, 0.5) is 0 Å². The van der Waals surface area contributed by atoms with Crippen LogP contribution in [0.25, 0.3) is 0 Å². The second-order valence-corrected chi connectivity index (χ2v) is 9.49. The predicted octanol–water partition coefficient (Wildman–Crippen LogP) is 0.681. The van der Waals surface area contributed by atoms with Gasteiger partial charge in [-0.1, -0.05) is 6.07 Å². The van der Waals surface area contributed by atoms with Gasteiger partial charge in [0.15, 0.2) is 11.5 Å². The first-order valence-corrected chi connectivity index (χ1v) is 11.6. The van der Waals surface area contributed by atoms with Crippen LogP contribution in [0.15, 0.2) is 18.2 Å². The number of carbonyl (C=O) groups is 2. The van der Waals surface area contributed by atoms with Crippen LogP contribution in [0, 0.1) is 0 Å². The van der Waals surface area contributed by atoms with E-state index in [9.17, 15) is 18.0 Å².